The average molecular weight is 528 g/mol. The Hall–Kier alpha value is -3.21. The largest absolute Gasteiger partial charge is 0.310 e. The summed E-state index contributed by atoms with van der Waals surface area (Å²) in [7, 11) is -4.68. The zero-order valence-electron chi connectivity index (χ0n) is 20.5. The highest BCUT2D eigenvalue weighted by molar-refractivity contribution is 7.92. The Morgan fingerprint density at radius 2 is 1.53 bits per heavy atom. The van der Waals surface area contributed by atoms with Crippen molar-refractivity contribution in [2.75, 3.05) is 36.4 Å². The number of sulfonamides is 2. The molecule has 1 aliphatic heterocycles. The van der Waals surface area contributed by atoms with E-state index >= 15 is 0 Å². The normalized spacial score (nSPS) is 13.6. The molecule has 10 heteroatoms. The van der Waals surface area contributed by atoms with Crippen molar-refractivity contribution >= 4 is 37.3 Å². The van der Waals surface area contributed by atoms with E-state index in [1.54, 1.807) is 42.5 Å². The van der Waals surface area contributed by atoms with Crippen LogP contribution in [0, 0.1) is 0 Å². The van der Waals surface area contributed by atoms with Crippen LogP contribution in [0.1, 0.15) is 18.1 Å². The Morgan fingerprint density at radius 3 is 2.14 bits per heavy atom. The zero-order valence-corrected chi connectivity index (χ0v) is 22.1. The summed E-state index contributed by atoms with van der Waals surface area (Å²) in [6.07, 6.45) is 1.29. The van der Waals surface area contributed by atoms with Crippen LogP contribution in [0.5, 0.6) is 0 Å². The lowest BCUT2D eigenvalue weighted by Crippen LogP contribution is -2.42. The molecule has 0 saturated carbocycles. The lowest BCUT2D eigenvalue weighted by atomic mass is 10.1. The maximum absolute atomic E-state index is 13.6. The van der Waals surface area contributed by atoms with Crippen LogP contribution in [0.25, 0.3) is 0 Å². The van der Waals surface area contributed by atoms with Gasteiger partial charge in [0.1, 0.15) is 6.54 Å². The number of anilines is 2. The van der Waals surface area contributed by atoms with Gasteiger partial charge < -0.3 is 4.90 Å². The topological polar surface area (TPSA) is 95.1 Å². The fraction of sp³-hybridized carbons (Fsp3) is 0.269. The molecule has 0 aromatic heterocycles. The van der Waals surface area contributed by atoms with Crippen LogP contribution in [-0.4, -0.2) is 54.2 Å². The molecule has 3 aromatic carbocycles. The van der Waals surface area contributed by atoms with Crippen LogP contribution < -0.4 is 9.21 Å². The smallest absolute Gasteiger partial charge is 0.264 e. The number of aryl methyl sites for hydroxylation is 1. The van der Waals surface area contributed by atoms with Gasteiger partial charge in [-0.3, -0.25) is 9.10 Å². The van der Waals surface area contributed by atoms with Crippen molar-refractivity contribution in [2.24, 2.45) is 0 Å². The van der Waals surface area contributed by atoms with Gasteiger partial charge in [0.05, 0.1) is 15.5 Å². The summed E-state index contributed by atoms with van der Waals surface area (Å²) in [4.78, 5) is 15.3. The molecule has 0 bridgehead atoms. The molecule has 0 N–H and O–H groups in total. The third-order valence-corrected chi connectivity index (χ3v) is 9.87. The second-order valence-corrected chi connectivity index (χ2v) is 12.7. The number of nitrogens with zero attached hydrogens (tertiary/aromatic N) is 3. The van der Waals surface area contributed by atoms with E-state index in [4.69, 9.17) is 0 Å². The predicted molar refractivity (Wildman–Crippen MR) is 140 cm³/mol. The molecule has 0 spiro atoms. The molecule has 0 aliphatic carbocycles. The highest BCUT2D eigenvalue weighted by atomic mass is 32.2. The van der Waals surface area contributed by atoms with Gasteiger partial charge in [-0.2, -0.15) is 0 Å². The van der Waals surface area contributed by atoms with E-state index in [2.05, 4.69) is 0 Å². The first-order valence-corrected chi connectivity index (χ1v) is 14.5. The number of fused-ring (bicyclic) bond motifs is 1. The van der Waals surface area contributed by atoms with Gasteiger partial charge in [0.2, 0.25) is 15.9 Å². The number of benzene rings is 3. The first kappa shape index (κ1) is 25.9. The second kappa shape index (κ2) is 10.0. The lowest BCUT2D eigenvalue weighted by molar-refractivity contribution is -0.117. The fourth-order valence-corrected chi connectivity index (χ4v) is 6.54. The van der Waals surface area contributed by atoms with E-state index in [9.17, 15) is 21.6 Å². The standard InChI is InChI=1S/C26H29N3O5S2/c1-4-20-10-12-22(13-11-20)29(36(33,34)23-8-6-5-7-9-23)19-26(30)28-17-16-21-18-24(14-15-25(21)28)35(31,32)27(2)3/h5-15,18H,4,16-17,19H2,1-3H3. The van der Waals surface area contributed by atoms with Crippen LogP contribution in [0.15, 0.2) is 82.6 Å². The summed E-state index contributed by atoms with van der Waals surface area (Å²) < 4.78 is 54.5. The van der Waals surface area contributed by atoms with Crippen LogP contribution in [0.2, 0.25) is 0 Å². The summed E-state index contributed by atoms with van der Waals surface area (Å²) in [5.41, 5.74) is 2.78. The number of hydrogen-bond donors (Lipinski definition) is 0. The summed E-state index contributed by atoms with van der Waals surface area (Å²) in [5.74, 6) is -0.393. The van der Waals surface area contributed by atoms with Gasteiger partial charge in [-0.15, -0.1) is 0 Å². The van der Waals surface area contributed by atoms with Crippen molar-refractivity contribution in [1.82, 2.24) is 4.31 Å². The minimum Gasteiger partial charge on any atom is -0.310 e. The predicted octanol–water partition coefficient (Wildman–Crippen LogP) is 3.28. The number of carbonyl (C=O) groups is 1. The Morgan fingerprint density at radius 1 is 0.861 bits per heavy atom. The highest BCUT2D eigenvalue weighted by Gasteiger charge is 2.32. The molecule has 4 rings (SSSR count). The molecule has 0 fully saturated rings. The van der Waals surface area contributed by atoms with Crippen molar-refractivity contribution < 1.29 is 21.6 Å². The van der Waals surface area contributed by atoms with Crippen molar-refractivity contribution in [1.29, 1.82) is 0 Å². The Kier molecular flexibility index (Phi) is 7.21. The van der Waals surface area contributed by atoms with E-state index in [0.717, 1.165) is 26.2 Å². The van der Waals surface area contributed by atoms with E-state index in [1.807, 2.05) is 19.1 Å². The van der Waals surface area contributed by atoms with Crippen LogP contribution in [-0.2, 0) is 37.7 Å². The van der Waals surface area contributed by atoms with Crippen LogP contribution in [0.3, 0.4) is 0 Å². The van der Waals surface area contributed by atoms with Gasteiger partial charge in [0, 0.05) is 26.3 Å². The Bertz CT molecular complexity index is 1470. The number of rotatable bonds is 8. The first-order chi connectivity index (χ1) is 17.1. The Balaban J connectivity index is 1.67. The summed E-state index contributed by atoms with van der Waals surface area (Å²) in [5, 5.41) is 0. The van der Waals surface area contributed by atoms with Crippen molar-refractivity contribution in [3.63, 3.8) is 0 Å². The molecule has 3 aromatic rings. The summed E-state index contributed by atoms with van der Waals surface area (Å²) in [6.45, 7) is 1.96. The van der Waals surface area contributed by atoms with Gasteiger partial charge in [0.15, 0.2) is 0 Å². The second-order valence-electron chi connectivity index (χ2n) is 8.72. The van der Waals surface area contributed by atoms with Crippen molar-refractivity contribution in [2.45, 2.75) is 29.6 Å². The average Bonchev–Trinajstić information content (AvgIpc) is 3.31. The molecule has 1 aliphatic rings. The van der Waals surface area contributed by atoms with E-state index in [-0.39, 0.29) is 16.3 Å². The van der Waals surface area contributed by atoms with Gasteiger partial charge in [0.25, 0.3) is 10.0 Å². The molecule has 8 nitrogen and oxygen atoms in total. The van der Waals surface area contributed by atoms with Crippen LogP contribution >= 0.6 is 0 Å². The lowest BCUT2D eigenvalue weighted by Gasteiger charge is -2.27. The van der Waals surface area contributed by atoms with Crippen LogP contribution in [0.4, 0.5) is 11.4 Å². The van der Waals surface area contributed by atoms with E-state index in [1.165, 1.54) is 37.2 Å². The van der Waals surface area contributed by atoms with E-state index in [0.29, 0.717) is 24.3 Å². The van der Waals surface area contributed by atoms with Gasteiger partial charge >= 0.3 is 0 Å². The molecule has 1 heterocycles. The summed E-state index contributed by atoms with van der Waals surface area (Å²) in [6, 6.07) is 19.8. The highest BCUT2D eigenvalue weighted by Crippen LogP contribution is 2.32. The molecule has 0 atom stereocenters. The third kappa shape index (κ3) is 4.88. The molecule has 0 saturated heterocycles. The molecule has 36 heavy (non-hydrogen) atoms. The molecule has 1 amide bonds. The number of amides is 1. The zero-order chi connectivity index (χ0) is 26.1. The van der Waals surface area contributed by atoms with Crippen molar-refractivity contribution in [3.8, 4) is 0 Å². The van der Waals surface area contributed by atoms with Crippen molar-refractivity contribution in [3.05, 3.63) is 83.9 Å². The minimum absolute atomic E-state index is 0.0951. The quantitative estimate of drug-likeness (QED) is 0.448. The Labute approximate surface area is 212 Å². The number of hydrogen-bond acceptors (Lipinski definition) is 5. The minimum atomic E-state index is -4.01. The third-order valence-electron chi connectivity index (χ3n) is 6.27. The van der Waals surface area contributed by atoms with Gasteiger partial charge in [-0.1, -0.05) is 37.3 Å². The maximum Gasteiger partial charge on any atom is 0.264 e. The summed E-state index contributed by atoms with van der Waals surface area (Å²) >= 11 is 0. The maximum atomic E-state index is 13.6. The van der Waals surface area contributed by atoms with Gasteiger partial charge in [-0.25, -0.2) is 21.1 Å². The SMILES string of the molecule is CCc1ccc(N(CC(=O)N2CCc3cc(S(=O)(=O)N(C)C)ccc32)S(=O)(=O)c2ccccc2)cc1. The fourth-order valence-electron chi connectivity index (χ4n) is 4.15. The van der Waals surface area contributed by atoms with E-state index < -0.39 is 26.0 Å². The van der Waals surface area contributed by atoms with Gasteiger partial charge in [-0.05, 0) is 66.4 Å². The molecule has 0 radical (unpaired) electrons. The number of carbonyl (C=O) groups excluding carboxylic acids is 1. The molecular formula is C26H29N3O5S2. The monoisotopic (exact) mass is 527 g/mol. The first-order valence-electron chi connectivity index (χ1n) is 11.6. The molecule has 190 valence electrons. The molecule has 0 unspecified atom stereocenters. The molecular weight excluding hydrogens is 498 g/mol.